The number of hydrogen-bond donors (Lipinski definition) is 8. The first-order chi connectivity index (χ1) is 33.7. The van der Waals surface area contributed by atoms with Crippen LogP contribution in [0.5, 0.6) is 0 Å². The van der Waals surface area contributed by atoms with Crippen molar-refractivity contribution in [2.75, 3.05) is 5.32 Å². The smallest absolute Gasteiger partial charge is 0.326 e. The second-order valence-electron chi connectivity index (χ2n) is 16.9. The van der Waals surface area contributed by atoms with Gasteiger partial charge in [-0.2, -0.15) is 0 Å². The van der Waals surface area contributed by atoms with Crippen molar-refractivity contribution in [1.29, 1.82) is 0 Å². The lowest BCUT2D eigenvalue weighted by Gasteiger charge is -2.26. The van der Waals surface area contributed by atoms with E-state index in [-0.39, 0.29) is 25.7 Å². The molecule has 0 aliphatic rings. The largest absolute Gasteiger partial charge is 0.480 e. The number of anilines is 1. The molecule has 8 N–H and O–H groups in total. The Labute approximate surface area is 410 Å². The number of rotatable bonds is 23. The lowest BCUT2D eigenvalue weighted by Crippen LogP contribution is -2.59. The number of benzene rings is 5. The van der Waals surface area contributed by atoms with E-state index in [0.29, 0.717) is 22.4 Å². The molecule has 0 spiro atoms. The number of aliphatic carboxylic acids is 1. The van der Waals surface area contributed by atoms with Crippen molar-refractivity contribution in [3.05, 3.63) is 184 Å². The van der Waals surface area contributed by atoms with Crippen LogP contribution in [0, 0.1) is 6.92 Å². The Morgan fingerprint density at radius 3 is 1.49 bits per heavy atom. The number of aliphatic hydroxyl groups is 1. The van der Waals surface area contributed by atoms with Crippen molar-refractivity contribution in [3.8, 4) is 11.1 Å². The first kappa shape index (κ1) is 51.4. The molecule has 6 amide bonds. The molecule has 0 saturated heterocycles. The van der Waals surface area contributed by atoms with Gasteiger partial charge in [0, 0.05) is 36.2 Å². The van der Waals surface area contributed by atoms with E-state index < -0.39 is 84.1 Å². The molecule has 6 unspecified atom stereocenters. The summed E-state index contributed by atoms with van der Waals surface area (Å²) in [5.74, 6) is -5.89. The summed E-state index contributed by atoms with van der Waals surface area (Å²) in [7, 11) is 0. The number of amides is 6. The summed E-state index contributed by atoms with van der Waals surface area (Å²) in [5.41, 5.74) is 5.27. The van der Waals surface area contributed by atoms with E-state index in [1.165, 1.54) is 18.3 Å². The number of thiophene rings is 1. The van der Waals surface area contributed by atoms with Crippen molar-refractivity contribution in [2.45, 2.75) is 82.3 Å². The molecule has 6 rings (SSSR count). The van der Waals surface area contributed by atoms with E-state index in [2.05, 4.69) is 31.9 Å². The van der Waals surface area contributed by atoms with Crippen LogP contribution in [-0.2, 0) is 59.2 Å². The number of carbonyl (C=O) groups excluding carboxylic acids is 6. The summed E-state index contributed by atoms with van der Waals surface area (Å²) in [6.07, 6.45) is -2.49. The first-order valence-electron chi connectivity index (χ1n) is 22.7. The molecule has 0 radical (unpaired) electrons. The van der Waals surface area contributed by atoms with Gasteiger partial charge in [-0.05, 0) is 65.2 Å². The predicted molar refractivity (Wildman–Crippen MR) is 267 cm³/mol. The lowest BCUT2D eigenvalue weighted by atomic mass is 9.99. The van der Waals surface area contributed by atoms with Gasteiger partial charge in [0.1, 0.15) is 36.3 Å². The monoisotopic (exact) mass is 964 g/mol. The minimum Gasteiger partial charge on any atom is -0.480 e. The van der Waals surface area contributed by atoms with Gasteiger partial charge in [-0.3, -0.25) is 28.8 Å². The van der Waals surface area contributed by atoms with Gasteiger partial charge in [0.05, 0.1) is 6.42 Å². The third kappa shape index (κ3) is 15.8. The third-order valence-corrected chi connectivity index (χ3v) is 12.2. The molecule has 0 bridgehead atoms. The number of carboxylic acids is 1. The Kier molecular flexibility index (Phi) is 18.7. The van der Waals surface area contributed by atoms with Crippen molar-refractivity contribution in [1.82, 2.24) is 26.6 Å². The Hall–Kier alpha value is -7.95. The Morgan fingerprint density at radius 2 is 0.957 bits per heavy atom. The highest BCUT2D eigenvalue weighted by Crippen LogP contribution is 2.21. The molecule has 16 heteroatoms. The fourth-order valence-electron chi connectivity index (χ4n) is 7.46. The van der Waals surface area contributed by atoms with E-state index in [0.717, 1.165) is 21.6 Å². The summed E-state index contributed by atoms with van der Waals surface area (Å²) in [6, 6.07) is 38.7. The number of hydrogen-bond acceptors (Lipinski definition) is 9. The van der Waals surface area contributed by atoms with E-state index in [9.17, 15) is 43.8 Å². The van der Waals surface area contributed by atoms with E-state index in [1.807, 2.05) is 61.5 Å². The zero-order valence-corrected chi connectivity index (χ0v) is 39.5. The van der Waals surface area contributed by atoms with Crippen LogP contribution in [0.2, 0.25) is 0 Å². The molecule has 6 atom stereocenters. The number of carbonyl (C=O) groups is 7. The molecule has 1 heterocycles. The zero-order valence-electron chi connectivity index (χ0n) is 38.7. The fraction of sp³-hybridized carbons (Fsp3) is 0.241. The van der Waals surface area contributed by atoms with Crippen LogP contribution in [-0.4, -0.2) is 87.9 Å². The van der Waals surface area contributed by atoms with Crippen LogP contribution in [0.3, 0.4) is 0 Å². The van der Waals surface area contributed by atoms with E-state index in [1.54, 1.807) is 102 Å². The normalized spacial score (nSPS) is 13.5. The van der Waals surface area contributed by atoms with Gasteiger partial charge < -0.3 is 42.1 Å². The molecule has 1 aromatic heterocycles. The Bertz CT molecular complexity index is 2690. The maximum atomic E-state index is 14.6. The van der Waals surface area contributed by atoms with Gasteiger partial charge in [0.25, 0.3) is 5.91 Å². The average Bonchev–Trinajstić information content (AvgIpc) is 3.88. The van der Waals surface area contributed by atoms with Crippen LogP contribution in [0.4, 0.5) is 5.69 Å². The Balaban J connectivity index is 1.22. The minimum absolute atomic E-state index is 0.00284. The van der Waals surface area contributed by atoms with Gasteiger partial charge in [0.2, 0.25) is 29.5 Å². The van der Waals surface area contributed by atoms with Crippen LogP contribution in [0.1, 0.15) is 40.5 Å². The van der Waals surface area contributed by atoms with Gasteiger partial charge in [-0.15, -0.1) is 11.3 Å². The molecular formula is C54H56N6O9S. The summed E-state index contributed by atoms with van der Waals surface area (Å²) in [6.45, 7) is 3.28. The number of carboxylic acid groups (broad SMARTS) is 1. The van der Waals surface area contributed by atoms with Gasteiger partial charge in [-0.1, -0.05) is 139 Å². The molecule has 0 aliphatic carbocycles. The maximum absolute atomic E-state index is 14.6. The number of aryl methyl sites for hydroxylation is 1. The fourth-order valence-corrected chi connectivity index (χ4v) is 8.21. The topological polar surface area (TPSA) is 232 Å². The van der Waals surface area contributed by atoms with Gasteiger partial charge in [0.15, 0.2) is 0 Å². The molecular weight excluding hydrogens is 909 g/mol. The molecule has 70 heavy (non-hydrogen) atoms. The maximum Gasteiger partial charge on any atom is 0.326 e. The Morgan fingerprint density at radius 1 is 0.486 bits per heavy atom. The highest BCUT2D eigenvalue weighted by atomic mass is 32.1. The van der Waals surface area contributed by atoms with Crippen LogP contribution in [0.15, 0.2) is 157 Å². The number of aliphatic hydroxyl groups excluding tert-OH is 1. The molecule has 5 aromatic carbocycles. The predicted octanol–water partition coefficient (Wildman–Crippen LogP) is 4.91. The standard InChI is InChI=1S/C54H56N6O9S/c1-34-20-26-41(27-21-34)56-53(67)47(61)33-48(62)57-45(32-42-19-12-28-70-42)52(66)59-44(30-38-22-24-40(25-23-38)39-17-10-5-11-18-39)51(65)58-43(29-36-13-6-3-7-14-36)50(64)55-35(2)49(63)60-46(54(68)69)31-37-15-8-4-9-16-37/h3-28,35,43-47,61H,29-33H2,1-2H3,(H,55,64)(H,56,67)(H,57,62)(H,58,65)(H,59,66)(H,60,63)(H,68,69). The average molecular weight is 965 g/mol. The van der Waals surface area contributed by atoms with Crippen molar-refractivity contribution < 1.29 is 43.8 Å². The summed E-state index contributed by atoms with van der Waals surface area (Å²) in [4.78, 5) is 95.7. The highest BCUT2D eigenvalue weighted by Gasteiger charge is 2.33. The molecule has 362 valence electrons. The molecule has 6 aromatic rings. The van der Waals surface area contributed by atoms with Crippen LogP contribution >= 0.6 is 11.3 Å². The van der Waals surface area contributed by atoms with Gasteiger partial charge in [-0.25, -0.2) is 4.79 Å². The van der Waals surface area contributed by atoms with E-state index >= 15 is 0 Å². The van der Waals surface area contributed by atoms with Crippen LogP contribution < -0.4 is 31.9 Å². The zero-order chi connectivity index (χ0) is 50.0. The summed E-state index contributed by atoms with van der Waals surface area (Å²) >= 11 is 1.34. The second kappa shape index (κ2) is 25.4. The SMILES string of the molecule is Cc1ccc(NC(=O)C(O)CC(=O)NC(Cc2cccs2)C(=O)NC(Cc2ccc(-c3ccccc3)cc2)C(=O)NC(Cc2ccccc2)C(=O)NC(C)C(=O)NC(Cc2ccccc2)C(=O)O)cc1. The molecule has 15 nitrogen and oxygen atoms in total. The van der Waals surface area contributed by atoms with Gasteiger partial charge >= 0.3 is 5.97 Å². The molecule has 0 saturated carbocycles. The van der Waals surface area contributed by atoms with Crippen LogP contribution in [0.25, 0.3) is 11.1 Å². The first-order valence-corrected chi connectivity index (χ1v) is 23.6. The second-order valence-corrected chi connectivity index (χ2v) is 17.9. The van der Waals surface area contributed by atoms with Crippen molar-refractivity contribution in [3.63, 3.8) is 0 Å². The summed E-state index contributed by atoms with van der Waals surface area (Å²) < 4.78 is 0. The number of nitrogens with one attached hydrogen (secondary N) is 6. The van der Waals surface area contributed by atoms with E-state index in [4.69, 9.17) is 0 Å². The van der Waals surface area contributed by atoms with Crippen molar-refractivity contribution in [2.24, 2.45) is 0 Å². The molecule has 0 fully saturated rings. The third-order valence-electron chi connectivity index (χ3n) is 11.3. The lowest BCUT2D eigenvalue weighted by molar-refractivity contribution is -0.142. The quantitative estimate of drug-likeness (QED) is 0.0436. The highest BCUT2D eigenvalue weighted by molar-refractivity contribution is 7.09. The van der Waals surface area contributed by atoms with Crippen molar-refractivity contribution >= 4 is 58.4 Å². The summed E-state index contributed by atoms with van der Waals surface area (Å²) in [5, 5.41) is 38.4. The molecule has 0 aliphatic heterocycles. The minimum atomic E-state index is -1.75.